The lowest BCUT2D eigenvalue weighted by Gasteiger charge is -2.27. The van der Waals surface area contributed by atoms with Gasteiger partial charge in [-0.25, -0.2) is 8.42 Å². The molecule has 3 heterocycles. The van der Waals surface area contributed by atoms with E-state index in [4.69, 9.17) is 0 Å². The van der Waals surface area contributed by atoms with Crippen LogP contribution < -0.4 is 0 Å². The molecule has 0 unspecified atom stereocenters. The summed E-state index contributed by atoms with van der Waals surface area (Å²) in [6.07, 6.45) is 2.57. The first kappa shape index (κ1) is 19.1. The first-order valence-corrected chi connectivity index (χ1v) is 11.1. The Morgan fingerprint density at radius 2 is 1.79 bits per heavy atom. The van der Waals surface area contributed by atoms with Crippen LogP contribution in [0.2, 0.25) is 0 Å². The summed E-state index contributed by atoms with van der Waals surface area (Å²) in [7, 11) is -1.80. The Balaban J connectivity index is 1.67. The zero-order valence-electron chi connectivity index (χ0n) is 16.6. The molecule has 4 rings (SSSR count). The normalized spacial score (nSPS) is 17.8. The van der Waals surface area contributed by atoms with Gasteiger partial charge in [-0.3, -0.25) is 9.48 Å². The van der Waals surface area contributed by atoms with E-state index in [1.807, 2.05) is 31.9 Å². The van der Waals surface area contributed by atoms with E-state index in [1.165, 1.54) is 4.31 Å². The van der Waals surface area contributed by atoms with E-state index >= 15 is 0 Å². The van der Waals surface area contributed by atoms with Crippen LogP contribution >= 0.6 is 0 Å². The second-order valence-electron chi connectivity index (χ2n) is 7.73. The molecule has 0 saturated carbocycles. The fraction of sp³-hybridized carbons (Fsp3) is 0.500. The number of aromatic nitrogens is 2. The molecule has 0 aliphatic carbocycles. The maximum atomic E-state index is 13.2. The van der Waals surface area contributed by atoms with Crippen molar-refractivity contribution < 1.29 is 13.2 Å². The fourth-order valence-electron chi connectivity index (χ4n) is 4.04. The minimum absolute atomic E-state index is 0.0835. The molecule has 7 nitrogen and oxygen atoms in total. The predicted octanol–water partition coefficient (Wildman–Crippen LogP) is 2.02. The summed E-state index contributed by atoms with van der Waals surface area (Å²) >= 11 is 0. The van der Waals surface area contributed by atoms with Gasteiger partial charge in [-0.15, -0.1) is 0 Å². The lowest BCUT2D eigenvalue weighted by Crippen LogP contribution is -2.37. The summed E-state index contributed by atoms with van der Waals surface area (Å²) in [5.74, 6) is -0.0835. The van der Waals surface area contributed by atoms with Crippen molar-refractivity contribution in [3.05, 3.63) is 46.3 Å². The Bertz CT molecular complexity index is 1040. The highest BCUT2D eigenvalue weighted by Crippen LogP contribution is 2.29. The third-order valence-corrected chi connectivity index (χ3v) is 7.76. The number of fused-ring (bicyclic) bond motifs is 1. The Morgan fingerprint density at radius 3 is 2.46 bits per heavy atom. The van der Waals surface area contributed by atoms with Gasteiger partial charge in [0.2, 0.25) is 10.0 Å². The van der Waals surface area contributed by atoms with Crippen LogP contribution in [0.25, 0.3) is 0 Å². The summed E-state index contributed by atoms with van der Waals surface area (Å²) in [5.41, 5.74) is 4.11. The highest BCUT2D eigenvalue weighted by atomic mass is 32.2. The van der Waals surface area contributed by atoms with Gasteiger partial charge in [0.15, 0.2) is 5.69 Å². The number of benzene rings is 1. The van der Waals surface area contributed by atoms with Crippen molar-refractivity contribution in [2.45, 2.75) is 44.6 Å². The first-order valence-electron chi connectivity index (χ1n) is 9.70. The maximum Gasteiger partial charge on any atom is 0.274 e. The SMILES string of the molecule is Cc1ccc(S(=O)(=O)N2CCc3c(c(C(=O)N4CCCC4)nn3C)C2)cc1C. The lowest BCUT2D eigenvalue weighted by molar-refractivity contribution is 0.0784. The smallest absolute Gasteiger partial charge is 0.274 e. The Kier molecular flexibility index (Phi) is 4.79. The van der Waals surface area contributed by atoms with Crippen LogP contribution in [0.4, 0.5) is 0 Å². The van der Waals surface area contributed by atoms with E-state index in [1.54, 1.807) is 16.8 Å². The third-order valence-electron chi connectivity index (χ3n) is 5.92. The largest absolute Gasteiger partial charge is 0.337 e. The van der Waals surface area contributed by atoms with Gasteiger partial charge in [-0.2, -0.15) is 9.40 Å². The third kappa shape index (κ3) is 3.14. The molecule has 1 saturated heterocycles. The average Bonchev–Trinajstić information content (AvgIpc) is 3.31. The monoisotopic (exact) mass is 402 g/mol. The van der Waals surface area contributed by atoms with Crippen LogP contribution in [0.3, 0.4) is 0 Å². The van der Waals surface area contributed by atoms with Crippen LogP contribution in [0.15, 0.2) is 23.1 Å². The highest BCUT2D eigenvalue weighted by Gasteiger charge is 2.35. The standard InChI is InChI=1S/C20H26N4O3S/c1-14-6-7-16(12-15(14)2)28(26,27)24-11-8-18-17(13-24)19(21-22(18)3)20(25)23-9-4-5-10-23/h6-7,12H,4-5,8-11,13H2,1-3H3. The number of amides is 1. The number of hydrogen-bond donors (Lipinski definition) is 0. The molecule has 1 aromatic heterocycles. The van der Waals surface area contributed by atoms with Crippen molar-refractivity contribution in [1.82, 2.24) is 19.0 Å². The predicted molar refractivity (Wildman–Crippen MR) is 106 cm³/mol. The number of rotatable bonds is 3. The van der Waals surface area contributed by atoms with Gasteiger partial charge in [0.05, 0.1) is 4.90 Å². The molecule has 2 aliphatic heterocycles. The van der Waals surface area contributed by atoms with Gasteiger partial charge in [0, 0.05) is 50.9 Å². The Morgan fingerprint density at radius 1 is 1.07 bits per heavy atom. The number of aryl methyl sites for hydroxylation is 3. The molecule has 150 valence electrons. The number of carbonyl (C=O) groups excluding carboxylic acids is 1. The minimum Gasteiger partial charge on any atom is -0.337 e. The van der Waals surface area contributed by atoms with Crippen molar-refractivity contribution in [2.24, 2.45) is 7.05 Å². The molecule has 2 aliphatic rings. The van der Waals surface area contributed by atoms with Crippen LogP contribution in [0.1, 0.15) is 45.7 Å². The van der Waals surface area contributed by atoms with Gasteiger partial charge in [0.25, 0.3) is 5.91 Å². The highest BCUT2D eigenvalue weighted by molar-refractivity contribution is 7.89. The maximum absolute atomic E-state index is 13.2. The van der Waals surface area contributed by atoms with Gasteiger partial charge < -0.3 is 4.90 Å². The van der Waals surface area contributed by atoms with Crippen molar-refractivity contribution in [2.75, 3.05) is 19.6 Å². The van der Waals surface area contributed by atoms with Crippen molar-refractivity contribution in [3.63, 3.8) is 0 Å². The van der Waals surface area contributed by atoms with E-state index in [0.717, 1.165) is 48.3 Å². The average molecular weight is 403 g/mol. The molecule has 8 heteroatoms. The van der Waals surface area contributed by atoms with Gasteiger partial charge in [0.1, 0.15) is 0 Å². The van der Waals surface area contributed by atoms with Gasteiger partial charge in [-0.05, 0) is 49.9 Å². The topological polar surface area (TPSA) is 75.5 Å². The van der Waals surface area contributed by atoms with Gasteiger partial charge in [-0.1, -0.05) is 6.07 Å². The molecule has 28 heavy (non-hydrogen) atoms. The fourth-order valence-corrected chi connectivity index (χ4v) is 5.53. The van der Waals surface area contributed by atoms with Crippen molar-refractivity contribution in [3.8, 4) is 0 Å². The molecule has 1 aromatic carbocycles. The number of carbonyl (C=O) groups is 1. The van der Waals surface area contributed by atoms with E-state index in [9.17, 15) is 13.2 Å². The van der Waals surface area contributed by atoms with Crippen LogP contribution in [0.5, 0.6) is 0 Å². The summed E-state index contributed by atoms with van der Waals surface area (Å²) in [5, 5.41) is 4.46. The van der Waals surface area contributed by atoms with E-state index in [2.05, 4.69) is 5.10 Å². The molecular formula is C20H26N4O3S. The molecule has 0 atom stereocenters. The summed E-state index contributed by atoms with van der Waals surface area (Å²) in [4.78, 5) is 15.0. The molecule has 0 N–H and O–H groups in total. The van der Waals surface area contributed by atoms with Crippen LogP contribution in [0, 0.1) is 13.8 Å². The second-order valence-corrected chi connectivity index (χ2v) is 9.67. The molecular weight excluding hydrogens is 376 g/mol. The number of sulfonamides is 1. The zero-order valence-corrected chi connectivity index (χ0v) is 17.4. The van der Waals surface area contributed by atoms with E-state index in [0.29, 0.717) is 23.6 Å². The van der Waals surface area contributed by atoms with Crippen molar-refractivity contribution >= 4 is 15.9 Å². The summed E-state index contributed by atoms with van der Waals surface area (Å²) < 4.78 is 29.6. The van der Waals surface area contributed by atoms with Crippen LogP contribution in [-0.2, 0) is 30.0 Å². The number of nitrogens with zero attached hydrogens (tertiary/aromatic N) is 4. The van der Waals surface area contributed by atoms with E-state index < -0.39 is 10.0 Å². The van der Waals surface area contributed by atoms with E-state index in [-0.39, 0.29) is 12.5 Å². The number of likely N-dealkylation sites (tertiary alicyclic amines) is 1. The molecule has 0 bridgehead atoms. The molecule has 1 fully saturated rings. The molecule has 0 radical (unpaired) electrons. The molecule has 0 spiro atoms. The summed E-state index contributed by atoms with van der Waals surface area (Å²) in [6, 6.07) is 5.22. The van der Waals surface area contributed by atoms with Crippen LogP contribution in [-0.4, -0.2) is 52.9 Å². The first-order chi connectivity index (χ1) is 13.3. The zero-order chi connectivity index (χ0) is 20.1. The molecule has 1 amide bonds. The summed E-state index contributed by atoms with van der Waals surface area (Å²) in [6.45, 7) is 5.94. The number of hydrogen-bond acceptors (Lipinski definition) is 4. The van der Waals surface area contributed by atoms with Crippen molar-refractivity contribution in [1.29, 1.82) is 0 Å². The lowest BCUT2D eigenvalue weighted by atomic mass is 10.1. The second kappa shape index (κ2) is 7.00. The van der Waals surface area contributed by atoms with Gasteiger partial charge >= 0.3 is 0 Å². The minimum atomic E-state index is -3.62. The Hall–Kier alpha value is -2.19. The Labute approximate surface area is 166 Å². The quantitative estimate of drug-likeness (QED) is 0.787. The molecule has 2 aromatic rings.